The van der Waals surface area contributed by atoms with E-state index in [0.717, 1.165) is 21.8 Å². The number of rotatable bonds is 4. The van der Waals surface area contributed by atoms with E-state index in [1.54, 1.807) is 24.3 Å². The summed E-state index contributed by atoms with van der Waals surface area (Å²) in [6, 6.07) is 6.72. The van der Waals surface area contributed by atoms with E-state index in [1.165, 1.54) is 0 Å². The zero-order valence-corrected chi connectivity index (χ0v) is 14.7. The zero-order valence-electron chi connectivity index (χ0n) is 14.0. The molecule has 10 heteroatoms. The number of hydrogen-bond donors (Lipinski definition) is 0. The van der Waals surface area contributed by atoms with E-state index in [4.69, 9.17) is 20.8 Å². The zero-order chi connectivity index (χ0) is 19.0. The largest absolute Gasteiger partial charge is 0.419 e. The van der Waals surface area contributed by atoms with Crippen molar-refractivity contribution in [3.63, 3.8) is 0 Å². The predicted octanol–water partition coefficient (Wildman–Crippen LogP) is 2.21. The molecule has 3 heterocycles. The third-order valence-electron chi connectivity index (χ3n) is 4.22. The van der Waals surface area contributed by atoms with Gasteiger partial charge in [0.2, 0.25) is 17.6 Å². The van der Waals surface area contributed by atoms with Gasteiger partial charge in [-0.05, 0) is 37.1 Å². The summed E-state index contributed by atoms with van der Waals surface area (Å²) in [7, 11) is 0. The van der Waals surface area contributed by atoms with Gasteiger partial charge in [-0.25, -0.2) is 9.36 Å². The molecule has 0 radical (unpaired) electrons. The Bertz CT molecular complexity index is 1080. The summed E-state index contributed by atoms with van der Waals surface area (Å²) in [4.78, 5) is 24.7. The van der Waals surface area contributed by atoms with Gasteiger partial charge in [0, 0.05) is 17.2 Å². The highest BCUT2D eigenvalue weighted by Crippen LogP contribution is 2.21. The summed E-state index contributed by atoms with van der Waals surface area (Å²) in [6.45, 7) is 0.134. The molecule has 0 aliphatic carbocycles. The summed E-state index contributed by atoms with van der Waals surface area (Å²) in [6.07, 6.45) is 1.61. The first-order valence-corrected chi connectivity index (χ1v) is 8.62. The number of nitrogens with zero attached hydrogens (tertiary/aromatic N) is 4. The lowest BCUT2D eigenvalue weighted by Crippen LogP contribution is -2.42. The number of hydrogen-bond acceptors (Lipinski definition) is 6. The summed E-state index contributed by atoms with van der Waals surface area (Å²) >= 11 is 5.84. The molecule has 0 bridgehead atoms. The minimum Gasteiger partial charge on any atom is -0.419 e. The Labute approximate surface area is 156 Å². The normalized spacial score (nSPS) is 16.7. The number of benzene rings is 1. The van der Waals surface area contributed by atoms with Crippen molar-refractivity contribution in [2.45, 2.75) is 25.6 Å². The molecule has 1 fully saturated rings. The molecule has 3 aromatic rings. The van der Waals surface area contributed by atoms with Crippen LogP contribution in [-0.4, -0.2) is 25.9 Å². The second-order valence-electron chi connectivity index (χ2n) is 6.03. The number of aromatic nitrogens is 4. The standard InChI is InChI=1S/C17H14ClFN4O4/c18-11-5-3-10(4-6-11)15-21-20-13(27-15)9-23-16(24)12(19)8-22(17(23)25)14-2-1-7-26-14/h3-6,8,14H,1-2,7,9H2. The van der Waals surface area contributed by atoms with Gasteiger partial charge in [-0.2, -0.15) is 4.39 Å². The molecule has 27 heavy (non-hydrogen) atoms. The molecule has 0 spiro atoms. The molecule has 2 aromatic heterocycles. The number of halogens is 2. The Morgan fingerprint density at radius 1 is 1.22 bits per heavy atom. The Morgan fingerprint density at radius 2 is 2.00 bits per heavy atom. The lowest BCUT2D eigenvalue weighted by molar-refractivity contribution is 0.0503. The molecule has 0 N–H and O–H groups in total. The molecular weight excluding hydrogens is 379 g/mol. The van der Waals surface area contributed by atoms with Crippen LogP contribution in [0.25, 0.3) is 11.5 Å². The molecule has 1 saturated heterocycles. The number of ether oxygens (including phenoxy) is 1. The van der Waals surface area contributed by atoms with Crippen LogP contribution in [0.2, 0.25) is 5.02 Å². The molecule has 1 aliphatic heterocycles. The van der Waals surface area contributed by atoms with Gasteiger partial charge in [0.05, 0.1) is 6.20 Å². The van der Waals surface area contributed by atoms with Crippen LogP contribution in [0, 0.1) is 5.82 Å². The first-order valence-electron chi connectivity index (χ1n) is 8.24. The minimum atomic E-state index is -1.06. The van der Waals surface area contributed by atoms with Gasteiger partial charge in [0.15, 0.2) is 0 Å². The molecule has 0 amide bonds. The summed E-state index contributed by atoms with van der Waals surface area (Å²) in [5, 5.41) is 8.28. The molecule has 8 nitrogen and oxygen atoms in total. The highest BCUT2D eigenvalue weighted by atomic mass is 35.5. The van der Waals surface area contributed by atoms with Crippen LogP contribution in [0.4, 0.5) is 4.39 Å². The molecule has 1 atom stereocenters. The molecule has 4 rings (SSSR count). The van der Waals surface area contributed by atoms with E-state index in [-0.39, 0.29) is 18.3 Å². The first-order chi connectivity index (χ1) is 13.0. The van der Waals surface area contributed by atoms with Gasteiger partial charge < -0.3 is 9.15 Å². The quantitative estimate of drug-likeness (QED) is 0.676. The summed E-state index contributed by atoms with van der Waals surface area (Å²) in [5.41, 5.74) is -1.12. The van der Waals surface area contributed by atoms with E-state index >= 15 is 0 Å². The molecular formula is C17H14ClFN4O4. The molecule has 1 unspecified atom stereocenters. The highest BCUT2D eigenvalue weighted by Gasteiger charge is 2.23. The van der Waals surface area contributed by atoms with Crippen LogP contribution in [-0.2, 0) is 11.3 Å². The van der Waals surface area contributed by atoms with Crippen molar-refractivity contribution in [2.75, 3.05) is 6.61 Å². The van der Waals surface area contributed by atoms with Crippen molar-refractivity contribution in [1.82, 2.24) is 19.3 Å². The Hall–Kier alpha value is -2.78. The third-order valence-corrected chi connectivity index (χ3v) is 4.47. The average Bonchev–Trinajstić information content (AvgIpc) is 3.34. The second-order valence-corrected chi connectivity index (χ2v) is 6.47. The summed E-state index contributed by atoms with van der Waals surface area (Å²) in [5.74, 6) is -0.850. The maximum Gasteiger partial charge on any atom is 0.333 e. The van der Waals surface area contributed by atoms with E-state index in [2.05, 4.69) is 10.2 Å². The Kier molecular flexibility index (Phi) is 4.63. The monoisotopic (exact) mass is 392 g/mol. The van der Waals surface area contributed by atoms with Gasteiger partial charge in [-0.3, -0.25) is 9.36 Å². The smallest absolute Gasteiger partial charge is 0.333 e. The van der Waals surface area contributed by atoms with Crippen LogP contribution in [0.1, 0.15) is 25.0 Å². The highest BCUT2D eigenvalue weighted by molar-refractivity contribution is 6.30. The van der Waals surface area contributed by atoms with E-state index < -0.39 is 23.3 Å². The molecule has 140 valence electrons. The predicted molar refractivity (Wildman–Crippen MR) is 93.0 cm³/mol. The maximum atomic E-state index is 14.1. The molecule has 1 aliphatic rings. The lowest BCUT2D eigenvalue weighted by Gasteiger charge is -2.14. The summed E-state index contributed by atoms with van der Waals surface area (Å²) < 4.78 is 26.8. The van der Waals surface area contributed by atoms with Gasteiger partial charge in [0.25, 0.3) is 5.56 Å². The van der Waals surface area contributed by atoms with Crippen LogP contribution in [0.15, 0.2) is 44.5 Å². The fourth-order valence-corrected chi connectivity index (χ4v) is 3.00. The van der Waals surface area contributed by atoms with Gasteiger partial charge >= 0.3 is 5.69 Å². The fourth-order valence-electron chi connectivity index (χ4n) is 2.88. The minimum absolute atomic E-state index is 0.00337. The topological polar surface area (TPSA) is 92.2 Å². The van der Waals surface area contributed by atoms with Gasteiger partial charge in [-0.15, -0.1) is 10.2 Å². The fraction of sp³-hybridized carbons (Fsp3) is 0.294. The first kappa shape index (κ1) is 17.6. The van der Waals surface area contributed by atoms with Crippen LogP contribution >= 0.6 is 11.6 Å². The van der Waals surface area contributed by atoms with E-state index in [9.17, 15) is 14.0 Å². The van der Waals surface area contributed by atoms with Gasteiger partial charge in [0.1, 0.15) is 12.8 Å². The molecule has 1 aromatic carbocycles. The Morgan fingerprint density at radius 3 is 2.70 bits per heavy atom. The average molecular weight is 393 g/mol. The van der Waals surface area contributed by atoms with Crippen molar-refractivity contribution < 1.29 is 13.5 Å². The van der Waals surface area contributed by atoms with Crippen LogP contribution in [0.5, 0.6) is 0 Å². The van der Waals surface area contributed by atoms with Crippen molar-refractivity contribution in [3.8, 4) is 11.5 Å². The van der Waals surface area contributed by atoms with E-state index in [0.29, 0.717) is 23.6 Å². The van der Waals surface area contributed by atoms with Gasteiger partial charge in [-0.1, -0.05) is 11.6 Å². The van der Waals surface area contributed by atoms with Crippen molar-refractivity contribution >= 4 is 11.6 Å². The van der Waals surface area contributed by atoms with E-state index in [1.807, 2.05) is 0 Å². The van der Waals surface area contributed by atoms with Crippen molar-refractivity contribution in [1.29, 1.82) is 0 Å². The van der Waals surface area contributed by atoms with Crippen molar-refractivity contribution in [3.05, 3.63) is 68.0 Å². The maximum absolute atomic E-state index is 14.1. The van der Waals surface area contributed by atoms with Crippen LogP contribution in [0.3, 0.4) is 0 Å². The molecule has 0 saturated carbocycles. The SMILES string of the molecule is O=c1c(F)cn(C2CCCO2)c(=O)n1Cc1nnc(-c2ccc(Cl)cc2)o1. The lowest BCUT2D eigenvalue weighted by atomic mass is 10.2. The Balaban J connectivity index is 1.67. The second kappa shape index (κ2) is 7.09. The van der Waals surface area contributed by atoms with Crippen molar-refractivity contribution in [2.24, 2.45) is 0 Å². The third kappa shape index (κ3) is 3.43. The van der Waals surface area contributed by atoms with Crippen LogP contribution < -0.4 is 11.2 Å².